The van der Waals surface area contributed by atoms with E-state index in [0.29, 0.717) is 0 Å². The van der Waals surface area contributed by atoms with E-state index in [9.17, 15) is 50.8 Å². The summed E-state index contributed by atoms with van der Waals surface area (Å²) in [6.45, 7) is 0.566. The molecule has 2 saturated heterocycles. The first-order valence-electron chi connectivity index (χ1n) is 13.4. The predicted octanol–water partition coefficient (Wildman–Crippen LogP) is -1.38. The van der Waals surface area contributed by atoms with Crippen molar-refractivity contribution in [1.82, 2.24) is 0 Å². The van der Waals surface area contributed by atoms with Crippen LogP contribution < -0.4 is 14.9 Å². The van der Waals surface area contributed by atoms with Crippen molar-refractivity contribution in [3.05, 3.63) is 40.6 Å². The van der Waals surface area contributed by atoms with Crippen LogP contribution in [0.4, 0.5) is 0 Å². The van der Waals surface area contributed by atoms with Crippen molar-refractivity contribution >= 4 is 11.0 Å². The number of aromatic hydroxyl groups is 3. The number of methoxy groups -OCH3 is 1. The topological polar surface area (TPSA) is 258 Å². The smallest absolute Gasteiger partial charge is 0.239 e. The summed E-state index contributed by atoms with van der Waals surface area (Å²) in [5.41, 5.74) is -1.23. The van der Waals surface area contributed by atoms with E-state index < -0.39 is 96.1 Å². The van der Waals surface area contributed by atoms with Gasteiger partial charge in [0.25, 0.3) is 0 Å². The fourth-order valence-corrected chi connectivity index (χ4v) is 5.09. The molecule has 16 heteroatoms. The molecule has 0 aliphatic carbocycles. The molecule has 4 unspecified atom stereocenters. The van der Waals surface area contributed by atoms with E-state index in [4.69, 9.17) is 28.1 Å². The lowest BCUT2D eigenvalue weighted by molar-refractivity contribution is -0.354. The SMILES string of the molecule is COc1ccc(-c2oc3cc(O)cc(O)c3c(=O)c2O[C@@H]2OC(CO)[C@@H](O)[C@H](O)C2O[C@@H]2OC(C)[C@H](O)C(O)[C@@H]2O)cc1O. The Bertz CT molecular complexity index is 1560. The molecule has 0 amide bonds. The number of rotatable bonds is 7. The number of phenolic OH excluding ortho intramolecular Hbond substituents is 3. The van der Waals surface area contributed by atoms with Crippen LogP contribution in [0.25, 0.3) is 22.3 Å². The molecule has 3 heterocycles. The van der Waals surface area contributed by atoms with E-state index in [1.54, 1.807) is 0 Å². The second-order valence-electron chi connectivity index (χ2n) is 10.4. The minimum Gasteiger partial charge on any atom is -0.508 e. The molecule has 16 nitrogen and oxygen atoms in total. The van der Waals surface area contributed by atoms with E-state index >= 15 is 0 Å². The third kappa shape index (κ3) is 5.63. The Kier molecular flexibility index (Phi) is 8.90. The average molecular weight is 625 g/mol. The summed E-state index contributed by atoms with van der Waals surface area (Å²) >= 11 is 0. The van der Waals surface area contributed by atoms with Crippen LogP contribution in [-0.4, -0.2) is 121 Å². The van der Waals surface area contributed by atoms with Crippen LogP contribution in [-0.2, 0) is 14.2 Å². The Balaban J connectivity index is 1.62. The minimum absolute atomic E-state index is 0.0460. The average Bonchev–Trinajstić information content (AvgIpc) is 2.98. The van der Waals surface area contributed by atoms with E-state index in [1.165, 1.54) is 32.2 Å². The summed E-state index contributed by atoms with van der Waals surface area (Å²) in [6.07, 6.45) is -16.5. The molecule has 0 radical (unpaired) electrons. The van der Waals surface area contributed by atoms with Gasteiger partial charge >= 0.3 is 0 Å². The van der Waals surface area contributed by atoms with Crippen LogP contribution in [0.1, 0.15) is 6.92 Å². The highest BCUT2D eigenvalue weighted by atomic mass is 16.8. The molecule has 1 aromatic heterocycles. The third-order valence-corrected chi connectivity index (χ3v) is 7.52. The van der Waals surface area contributed by atoms with Crippen molar-refractivity contribution < 1.29 is 74.1 Å². The van der Waals surface area contributed by atoms with Crippen LogP contribution in [0.2, 0.25) is 0 Å². The van der Waals surface area contributed by atoms with Crippen molar-refractivity contribution in [2.24, 2.45) is 0 Å². The molecule has 240 valence electrons. The molecule has 2 aromatic carbocycles. The van der Waals surface area contributed by atoms with Crippen molar-refractivity contribution in [1.29, 1.82) is 0 Å². The quantitative estimate of drug-likeness (QED) is 0.147. The summed E-state index contributed by atoms with van der Waals surface area (Å²) in [4.78, 5) is 13.8. The second kappa shape index (κ2) is 12.4. The second-order valence-corrected chi connectivity index (χ2v) is 10.4. The predicted molar refractivity (Wildman–Crippen MR) is 145 cm³/mol. The van der Waals surface area contributed by atoms with Crippen LogP contribution in [0.15, 0.2) is 39.5 Å². The number of hydrogen-bond donors (Lipinski definition) is 9. The number of fused-ring (bicyclic) bond motifs is 1. The number of hydrogen-bond acceptors (Lipinski definition) is 16. The highest BCUT2D eigenvalue weighted by Crippen LogP contribution is 2.40. The van der Waals surface area contributed by atoms with Gasteiger partial charge in [-0.25, -0.2) is 0 Å². The molecule has 0 spiro atoms. The molecule has 5 rings (SSSR count). The highest BCUT2D eigenvalue weighted by Gasteiger charge is 2.51. The van der Waals surface area contributed by atoms with Gasteiger partial charge in [-0.1, -0.05) is 0 Å². The maximum atomic E-state index is 13.8. The zero-order valence-corrected chi connectivity index (χ0v) is 23.3. The molecule has 2 fully saturated rings. The van der Waals surface area contributed by atoms with Crippen molar-refractivity contribution in [2.75, 3.05) is 13.7 Å². The van der Waals surface area contributed by atoms with E-state index in [0.717, 1.165) is 12.1 Å². The molecule has 2 aliphatic heterocycles. The number of phenols is 3. The van der Waals surface area contributed by atoms with Crippen LogP contribution in [0, 0.1) is 0 Å². The summed E-state index contributed by atoms with van der Waals surface area (Å²) < 4.78 is 33.6. The zero-order chi connectivity index (χ0) is 32.0. The molecular formula is C28H32O16. The standard InChI is InChI=1S/C28H32O16/c1-9-18(33)21(36)23(38)27(40-9)44-26-22(37)19(34)16(8-29)42-28(26)43-25-20(35)17-13(32)6-11(30)7-15(17)41-24(25)10-3-4-14(39-2)12(31)5-10/h3-7,9,16,18-19,21-23,26-34,36-38H,8H2,1-2H3/t9?,16?,18-,19+,21?,22-,23-,26?,27-,28-/m0/s1. The molecule has 0 saturated carbocycles. The third-order valence-electron chi connectivity index (χ3n) is 7.52. The van der Waals surface area contributed by atoms with Gasteiger partial charge < -0.3 is 74.1 Å². The zero-order valence-electron chi connectivity index (χ0n) is 23.3. The molecule has 2 aliphatic rings. The summed E-state index contributed by atoms with van der Waals surface area (Å²) in [5, 5.41) is 92.5. The first kappa shape index (κ1) is 31.7. The van der Waals surface area contributed by atoms with Crippen molar-refractivity contribution in [3.8, 4) is 40.1 Å². The van der Waals surface area contributed by atoms with Crippen LogP contribution in [0.3, 0.4) is 0 Å². The Morgan fingerprint density at radius 1 is 0.841 bits per heavy atom. The van der Waals surface area contributed by atoms with E-state index in [2.05, 4.69) is 0 Å². The maximum absolute atomic E-state index is 13.8. The first-order chi connectivity index (χ1) is 20.9. The summed E-state index contributed by atoms with van der Waals surface area (Å²) in [5.74, 6) is -2.40. The van der Waals surface area contributed by atoms with Crippen LogP contribution >= 0.6 is 0 Å². The molecule has 44 heavy (non-hydrogen) atoms. The van der Waals surface area contributed by atoms with Gasteiger partial charge in [-0.2, -0.15) is 0 Å². The van der Waals surface area contributed by atoms with Crippen molar-refractivity contribution in [3.63, 3.8) is 0 Å². The minimum atomic E-state index is -1.90. The number of aliphatic hydroxyl groups excluding tert-OH is 6. The lowest BCUT2D eigenvalue weighted by Gasteiger charge is -2.45. The molecular weight excluding hydrogens is 592 g/mol. The first-order valence-corrected chi connectivity index (χ1v) is 13.4. The van der Waals surface area contributed by atoms with Gasteiger partial charge in [0.1, 0.15) is 59.1 Å². The lowest BCUT2D eigenvalue weighted by Crippen LogP contribution is -2.64. The van der Waals surface area contributed by atoms with Crippen LogP contribution in [0.5, 0.6) is 28.7 Å². The lowest BCUT2D eigenvalue weighted by atomic mass is 9.97. The Morgan fingerprint density at radius 2 is 1.57 bits per heavy atom. The van der Waals surface area contributed by atoms with Crippen molar-refractivity contribution in [2.45, 2.75) is 68.3 Å². The number of ether oxygens (including phenoxy) is 5. The largest absolute Gasteiger partial charge is 0.508 e. The summed E-state index contributed by atoms with van der Waals surface area (Å²) in [6, 6.07) is 5.86. The summed E-state index contributed by atoms with van der Waals surface area (Å²) in [7, 11) is 1.32. The molecule has 9 N–H and O–H groups in total. The van der Waals surface area contributed by atoms with Gasteiger partial charge in [0, 0.05) is 17.7 Å². The van der Waals surface area contributed by atoms with Gasteiger partial charge in [0.15, 0.2) is 29.7 Å². The normalized spacial score (nSPS) is 32.5. The Morgan fingerprint density at radius 3 is 2.23 bits per heavy atom. The molecule has 0 bridgehead atoms. The fourth-order valence-electron chi connectivity index (χ4n) is 5.09. The van der Waals surface area contributed by atoms with Gasteiger partial charge in [0.05, 0.1) is 19.8 Å². The maximum Gasteiger partial charge on any atom is 0.239 e. The van der Waals surface area contributed by atoms with Gasteiger partial charge in [-0.3, -0.25) is 4.79 Å². The number of aliphatic hydroxyl groups is 6. The Hall–Kier alpha value is -3.71. The fraction of sp³-hybridized carbons (Fsp3) is 0.464. The van der Waals surface area contributed by atoms with E-state index in [-0.39, 0.29) is 28.4 Å². The Labute approximate surface area is 248 Å². The van der Waals surface area contributed by atoms with Gasteiger partial charge in [-0.05, 0) is 25.1 Å². The van der Waals surface area contributed by atoms with Gasteiger partial charge in [-0.15, -0.1) is 0 Å². The molecule has 10 atom stereocenters. The molecule has 3 aromatic rings. The monoisotopic (exact) mass is 624 g/mol. The van der Waals surface area contributed by atoms with E-state index in [1.807, 2.05) is 0 Å². The van der Waals surface area contributed by atoms with Gasteiger partial charge in [0.2, 0.25) is 17.5 Å². The highest BCUT2D eigenvalue weighted by molar-refractivity contribution is 5.88. The number of benzene rings is 2.